The molecule has 18 heavy (non-hydrogen) atoms. The first-order valence-electron chi connectivity index (χ1n) is 6.13. The van der Waals surface area contributed by atoms with Gasteiger partial charge in [-0.3, -0.25) is 4.79 Å². The Hall–Kier alpha value is -1.65. The summed E-state index contributed by atoms with van der Waals surface area (Å²) in [7, 11) is 0. The third kappa shape index (κ3) is 3.18. The summed E-state index contributed by atoms with van der Waals surface area (Å²) >= 11 is 0. The first-order valence-corrected chi connectivity index (χ1v) is 6.13. The molecular weight excluding hydrogens is 238 g/mol. The van der Waals surface area contributed by atoms with E-state index in [0.717, 1.165) is 44.5 Å². The average molecular weight is 254 g/mol. The van der Waals surface area contributed by atoms with E-state index in [-0.39, 0.29) is 18.1 Å². The number of halogens is 2. The zero-order chi connectivity index (χ0) is 13.0. The average Bonchev–Trinajstić information content (AvgIpc) is 2.38. The molecule has 2 rings (SSSR count). The van der Waals surface area contributed by atoms with Gasteiger partial charge in [0.05, 0.1) is 12.2 Å². The predicted octanol–water partition coefficient (Wildman–Crippen LogP) is 2.39. The van der Waals surface area contributed by atoms with E-state index in [2.05, 4.69) is 5.32 Å². The quantitative estimate of drug-likeness (QED) is 0.898. The molecule has 3 nitrogen and oxygen atoms in total. The predicted molar refractivity (Wildman–Crippen MR) is 65.3 cm³/mol. The van der Waals surface area contributed by atoms with Gasteiger partial charge in [0.1, 0.15) is 11.6 Å². The summed E-state index contributed by atoms with van der Waals surface area (Å²) in [5.74, 6) is -1.35. The maximum absolute atomic E-state index is 13.3. The molecule has 0 bridgehead atoms. The zero-order valence-electron chi connectivity index (χ0n) is 10.1. The number of rotatable bonds is 3. The molecule has 1 aliphatic rings. The Morgan fingerprint density at radius 3 is 2.61 bits per heavy atom. The summed E-state index contributed by atoms with van der Waals surface area (Å²) in [5.41, 5.74) is 0.154. The van der Waals surface area contributed by atoms with E-state index >= 15 is 0 Å². The van der Waals surface area contributed by atoms with E-state index in [9.17, 15) is 13.6 Å². The van der Waals surface area contributed by atoms with Crippen LogP contribution in [0.2, 0.25) is 0 Å². The summed E-state index contributed by atoms with van der Waals surface area (Å²) in [6, 6.07) is 3.26. The van der Waals surface area contributed by atoms with E-state index in [4.69, 9.17) is 0 Å². The van der Waals surface area contributed by atoms with Gasteiger partial charge in [0, 0.05) is 19.2 Å². The molecule has 1 amide bonds. The van der Waals surface area contributed by atoms with Crippen molar-refractivity contribution in [1.82, 2.24) is 4.90 Å². The molecule has 0 radical (unpaired) electrons. The highest BCUT2D eigenvalue weighted by atomic mass is 19.1. The number of benzene rings is 1. The molecule has 98 valence electrons. The fourth-order valence-corrected chi connectivity index (χ4v) is 2.06. The van der Waals surface area contributed by atoms with Crippen LogP contribution in [0.25, 0.3) is 0 Å². The summed E-state index contributed by atoms with van der Waals surface area (Å²) in [6.07, 6.45) is 3.21. The zero-order valence-corrected chi connectivity index (χ0v) is 10.1. The first-order chi connectivity index (χ1) is 8.66. The minimum Gasteiger partial charge on any atom is -0.374 e. The Kier molecular flexibility index (Phi) is 4.12. The molecule has 0 saturated carbocycles. The third-order valence-electron chi connectivity index (χ3n) is 3.07. The number of amides is 1. The number of piperidine rings is 1. The van der Waals surface area contributed by atoms with E-state index in [1.807, 2.05) is 0 Å². The van der Waals surface area contributed by atoms with Crippen LogP contribution in [-0.4, -0.2) is 30.4 Å². The second-order valence-electron chi connectivity index (χ2n) is 4.42. The van der Waals surface area contributed by atoms with Crippen LogP contribution in [0.1, 0.15) is 19.3 Å². The molecule has 0 aliphatic carbocycles. The molecule has 5 heteroatoms. The number of nitrogens with one attached hydrogen (secondary N) is 1. The van der Waals surface area contributed by atoms with E-state index < -0.39 is 11.6 Å². The van der Waals surface area contributed by atoms with Crippen molar-refractivity contribution in [3.63, 3.8) is 0 Å². The van der Waals surface area contributed by atoms with Crippen molar-refractivity contribution >= 4 is 11.6 Å². The van der Waals surface area contributed by atoms with Crippen LogP contribution in [0.15, 0.2) is 18.2 Å². The molecule has 1 N–H and O–H groups in total. The Bertz CT molecular complexity index is 431. The molecule has 1 aliphatic heterocycles. The van der Waals surface area contributed by atoms with Gasteiger partial charge in [-0.1, -0.05) is 0 Å². The number of hydrogen-bond acceptors (Lipinski definition) is 2. The summed E-state index contributed by atoms with van der Waals surface area (Å²) < 4.78 is 26.0. The van der Waals surface area contributed by atoms with Crippen LogP contribution in [0.3, 0.4) is 0 Å². The lowest BCUT2D eigenvalue weighted by atomic mass is 10.1. The van der Waals surface area contributed by atoms with Crippen LogP contribution in [0.5, 0.6) is 0 Å². The normalized spacial score (nSPS) is 15.6. The smallest absolute Gasteiger partial charge is 0.241 e. The lowest BCUT2D eigenvalue weighted by Crippen LogP contribution is -2.39. The fraction of sp³-hybridized carbons (Fsp3) is 0.462. The van der Waals surface area contributed by atoms with Gasteiger partial charge in [-0.2, -0.15) is 0 Å². The van der Waals surface area contributed by atoms with Crippen molar-refractivity contribution in [2.45, 2.75) is 19.3 Å². The van der Waals surface area contributed by atoms with Gasteiger partial charge in [-0.15, -0.1) is 0 Å². The van der Waals surface area contributed by atoms with Crippen molar-refractivity contribution in [2.24, 2.45) is 0 Å². The Balaban J connectivity index is 1.88. The third-order valence-corrected chi connectivity index (χ3v) is 3.07. The van der Waals surface area contributed by atoms with Gasteiger partial charge in [0.2, 0.25) is 5.91 Å². The van der Waals surface area contributed by atoms with Crippen molar-refractivity contribution in [1.29, 1.82) is 0 Å². The SMILES string of the molecule is O=C(CNc1ccc(F)cc1F)N1CCCCC1. The standard InChI is InChI=1S/C13H16F2N2O/c14-10-4-5-12(11(15)8-10)16-9-13(18)17-6-2-1-3-7-17/h4-5,8,16H,1-3,6-7,9H2. The molecule has 1 aromatic rings. The largest absolute Gasteiger partial charge is 0.374 e. The Morgan fingerprint density at radius 1 is 1.22 bits per heavy atom. The number of carbonyl (C=O) groups excluding carboxylic acids is 1. The first kappa shape index (κ1) is 12.8. The minimum atomic E-state index is -0.679. The summed E-state index contributed by atoms with van der Waals surface area (Å²) in [5, 5.41) is 2.70. The summed E-state index contributed by atoms with van der Waals surface area (Å²) in [6.45, 7) is 1.58. The van der Waals surface area contributed by atoms with Crippen molar-refractivity contribution in [2.75, 3.05) is 25.0 Å². The highest BCUT2D eigenvalue weighted by molar-refractivity contribution is 5.81. The maximum Gasteiger partial charge on any atom is 0.241 e. The molecule has 0 spiro atoms. The van der Waals surface area contributed by atoms with Gasteiger partial charge < -0.3 is 10.2 Å². The van der Waals surface area contributed by atoms with E-state index in [0.29, 0.717) is 0 Å². The topological polar surface area (TPSA) is 32.3 Å². The summed E-state index contributed by atoms with van der Waals surface area (Å²) in [4.78, 5) is 13.6. The second kappa shape index (κ2) is 5.80. The van der Waals surface area contributed by atoms with Gasteiger partial charge in [-0.05, 0) is 31.4 Å². The van der Waals surface area contributed by atoms with E-state index in [1.54, 1.807) is 4.90 Å². The van der Waals surface area contributed by atoms with Gasteiger partial charge in [-0.25, -0.2) is 8.78 Å². The lowest BCUT2D eigenvalue weighted by molar-refractivity contribution is -0.130. The molecule has 1 aromatic carbocycles. The van der Waals surface area contributed by atoms with Crippen LogP contribution >= 0.6 is 0 Å². The van der Waals surface area contributed by atoms with Gasteiger partial charge in [0.25, 0.3) is 0 Å². The molecular formula is C13H16F2N2O. The molecule has 0 atom stereocenters. The van der Waals surface area contributed by atoms with Gasteiger partial charge in [0.15, 0.2) is 0 Å². The second-order valence-corrected chi connectivity index (χ2v) is 4.42. The monoisotopic (exact) mass is 254 g/mol. The van der Waals surface area contributed by atoms with Crippen molar-refractivity contribution in [3.05, 3.63) is 29.8 Å². The van der Waals surface area contributed by atoms with Crippen LogP contribution in [-0.2, 0) is 4.79 Å². The molecule has 1 saturated heterocycles. The Labute approximate surface area is 105 Å². The van der Waals surface area contributed by atoms with Crippen LogP contribution in [0, 0.1) is 11.6 Å². The highest BCUT2D eigenvalue weighted by Crippen LogP contribution is 2.15. The van der Waals surface area contributed by atoms with Crippen LogP contribution < -0.4 is 5.32 Å². The van der Waals surface area contributed by atoms with Crippen molar-refractivity contribution in [3.8, 4) is 0 Å². The maximum atomic E-state index is 13.3. The molecule has 1 heterocycles. The Morgan fingerprint density at radius 2 is 1.94 bits per heavy atom. The molecule has 0 unspecified atom stereocenters. The lowest BCUT2D eigenvalue weighted by Gasteiger charge is -2.26. The van der Waals surface area contributed by atoms with Crippen LogP contribution in [0.4, 0.5) is 14.5 Å². The number of nitrogens with zero attached hydrogens (tertiary/aromatic N) is 1. The fourth-order valence-electron chi connectivity index (χ4n) is 2.06. The molecule has 0 aromatic heterocycles. The van der Waals surface area contributed by atoms with Crippen molar-refractivity contribution < 1.29 is 13.6 Å². The highest BCUT2D eigenvalue weighted by Gasteiger charge is 2.16. The molecule has 1 fully saturated rings. The number of hydrogen-bond donors (Lipinski definition) is 1. The van der Waals surface area contributed by atoms with E-state index in [1.165, 1.54) is 6.07 Å². The van der Waals surface area contributed by atoms with Gasteiger partial charge >= 0.3 is 0 Å². The number of carbonyl (C=O) groups is 1. The number of anilines is 1. The number of likely N-dealkylation sites (tertiary alicyclic amines) is 1. The minimum absolute atomic E-state index is 0.0431.